The molecule has 0 fully saturated rings. The molecule has 0 aliphatic carbocycles. The van der Waals surface area contributed by atoms with Crippen molar-refractivity contribution in [3.05, 3.63) is 24.0 Å². The zero-order valence-corrected chi connectivity index (χ0v) is 8.44. The van der Waals surface area contributed by atoms with Crippen LogP contribution in [0.15, 0.2) is 23.1 Å². The molecule has 6 heteroatoms. The van der Waals surface area contributed by atoms with E-state index in [1.807, 2.05) is 0 Å². The summed E-state index contributed by atoms with van der Waals surface area (Å²) in [6.07, 6.45) is 0. The number of anilines is 1. The topological polar surface area (TPSA) is 72.2 Å². The van der Waals surface area contributed by atoms with E-state index in [0.29, 0.717) is 0 Å². The molecule has 0 radical (unpaired) electrons. The van der Waals surface area contributed by atoms with E-state index in [2.05, 4.69) is 4.72 Å². The van der Waals surface area contributed by atoms with Crippen molar-refractivity contribution < 1.29 is 12.8 Å². The van der Waals surface area contributed by atoms with Crippen molar-refractivity contribution in [3.8, 4) is 0 Å². The van der Waals surface area contributed by atoms with Crippen molar-refractivity contribution in [2.45, 2.75) is 11.8 Å². The van der Waals surface area contributed by atoms with E-state index < -0.39 is 15.8 Å². The normalized spacial score (nSPS) is 11.6. The molecule has 0 aliphatic heterocycles. The second-order valence-corrected chi connectivity index (χ2v) is 4.45. The Kier molecular flexibility index (Phi) is 3.07. The van der Waals surface area contributed by atoms with Gasteiger partial charge in [-0.3, -0.25) is 0 Å². The molecule has 0 unspecified atom stereocenters. The first-order valence-corrected chi connectivity index (χ1v) is 5.50. The van der Waals surface area contributed by atoms with Crippen molar-refractivity contribution >= 4 is 15.7 Å². The van der Waals surface area contributed by atoms with Gasteiger partial charge in [-0.25, -0.2) is 17.5 Å². The molecule has 0 aliphatic rings. The van der Waals surface area contributed by atoms with E-state index in [4.69, 9.17) is 5.73 Å². The zero-order valence-electron chi connectivity index (χ0n) is 7.62. The molecule has 0 aromatic heterocycles. The van der Waals surface area contributed by atoms with Crippen LogP contribution in [0.2, 0.25) is 0 Å². The summed E-state index contributed by atoms with van der Waals surface area (Å²) in [5, 5.41) is 0. The molecular weight excluding hydrogens is 207 g/mol. The monoisotopic (exact) mass is 218 g/mol. The number of hydrogen-bond acceptors (Lipinski definition) is 3. The lowest BCUT2D eigenvalue weighted by molar-refractivity contribution is 0.580. The molecule has 0 bridgehead atoms. The van der Waals surface area contributed by atoms with Crippen molar-refractivity contribution in [1.29, 1.82) is 0 Å². The van der Waals surface area contributed by atoms with Gasteiger partial charge in [0.25, 0.3) is 0 Å². The molecule has 1 aromatic rings. The summed E-state index contributed by atoms with van der Waals surface area (Å²) in [5.41, 5.74) is 5.15. The average molecular weight is 218 g/mol. The van der Waals surface area contributed by atoms with E-state index in [9.17, 15) is 12.8 Å². The summed E-state index contributed by atoms with van der Waals surface area (Å²) in [6, 6.07) is 3.38. The maximum atomic E-state index is 12.9. The molecular formula is C8H11FN2O2S. The lowest BCUT2D eigenvalue weighted by Crippen LogP contribution is -2.23. The van der Waals surface area contributed by atoms with Gasteiger partial charge < -0.3 is 5.73 Å². The first-order valence-electron chi connectivity index (χ1n) is 4.02. The van der Waals surface area contributed by atoms with E-state index >= 15 is 0 Å². The second kappa shape index (κ2) is 3.93. The van der Waals surface area contributed by atoms with Gasteiger partial charge in [-0.15, -0.1) is 0 Å². The maximum Gasteiger partial charge on any atom is 0.240 e. The van der Waals surface area contributed by atoms with Gasteiger partial charge in [0.15, 0.2) is 0 Å². The second-order valence-electron chi connectivity index (χ2n) is 2.68. The van der Waals surface area contributed by atoms with Gasteiger partial charge >= 0.3 is 0 Å². The number of sulfonamides is 1. The van der Waals surface area contributed by atoms with Gasteiger partial charge in [-0.1, -0.05) is 6.92 Å². The van der Waals surface area contributed by atoms with Gasteiger partial charge in [0.2, 0.25) is 10.0 Å². The third-order valence-electron chi connectivity index (χ3n) is 1.62. The average Bonchev–Trinajstić information content (AvgIpc) is 2.09. The van der Waals surface area contributed by atoms with Crippen LogP contribution in [-0.2, 0) is 10.0 Å². The Morgan fingerprint density at radius 3 is 2.64 bits per heavy atom. The van der Waals surface area contributed by atoms with Crippen LogP contribution in [0.4, 0.5) is 10.1 Å². The van der Waals surface area contributed by atoms with Crippen LogP contribution in [-0.4, -0.2) is 15.0 Å². The summed E-state index contributed by atoms with van der Waals surface area (Å²) < 4.78 is 37.9. The molecule has 0 saturated heterocycles. The van der Waals surface area contributed by atoms with Crippen LogP contribution in [0, 0.1) is 5.82 Å². The number of nitrogens with one attached hydrogen (secondary N) is 1. The van der Waals surface area contributed by atoms with Crippen LogP contribution in [0.25, 0.3) is 0 Å². The molecule has 0 heterocycles. The van der Waals surface area contributed by atoms with Gasteiger partial charge in [0.1, 0.15) is 5.82 Å². The molecule has 0 amide bonds. The van der Waals surface area contributed by atoms with Crippen molar-refractivity contribution in [2.24, 2.45) is 0 Å². The quantitative estimate of drug-likeness (QED) is 0.734. The first-order chi connectivity index (χ1) is 6.47. The number of benzene rings is 1. The number of nitrogen functional groups attached to an aromatic ring is 1. The Morgan fingerprint density at radius 1 is 1.50 bits per heavy atom. The van der Waals surface area contributed by atoms with Crippen molar-refractivity contribution in [3.63, 3.8) is 0 Å². The number of nitrogens with two attached hydrogens (primary N) is 1. The maximum absolute atomic E-state index is 12.9. The largest absolute Gasteiger partial charge is 0.396 e. The van der Waals surface area contributed by atoms with E-state index in [1.54, 1.807) is 6.92 Å². The lowest BCUT2D eigenvalue weighted by Gasteiger charge is -2.04. The predicted octanol–water partition coefficient (Wildman–Crippen LogP) is 0.706. The van der Waals surface area contributed by atoms with E-state index in [-0.39, 0.29) is 17.1 Å². The molecule has 4 nitrogen and oxygen atoms in total. The molecule has 0 saturated carbocycles. The third kappa shape index (κ3) is 2.21. The fourth-order valence-electron chi connectivity index (χ4n) is 0.948. The van der Waals surface area contributed by atoms with Crippen molar-refractivity contribution in [1.82, 2.24) is 4.72 Å². The fourth-order valence-corrected chi connectivity index (χ4v) is 2.00. The highest BCUT2D eigenvalue weighted by atomic mass is 32.2. The lowest BCUT2D eigenvalue weighted by atomic mass is 10.3. The van der Waals surface area contributed by atoms with Gasteiger partial charge in [-0.05, 0) is 18.2 Å². The number of hydrogen-bond donors (Lipinski definition) is 2. The third-order valence-corrected chi connectivity index (χ3v) is 3.16. The Morgan fingerprint density at radius 2 is 2.14 bits per heavy atom. The highest BCUT2D eigenvalue weighted by molar-refractivity contribution is 7.89. The standard InChI is InChI=1S/C8H11FN2O2S/c1-2-11-14(12,13)6-3-4-8(10)7(9)5-6/h3-5,11H,2,10H2,1H3. The molecule has 1 aromatic carbocycles. The molecule has 3 N–H and O–H groups in total. The molecule has 14 heavy (non-hydrogen) atoms. The van der Waals surface area contributed by atoms with Gasteiger partial charge in [0.05, 0.1) is 10.6 Å². The summed E-state index contributed by atoms with van der Waals surface area (Å²) in [4.78, 5) is -0.119. The SMILES string of the molecule is CCNS(=O)(=O)c1ccc(N)c(F)c1. The minimum absolute atomic E-state index is 0.0690. The molecule has 0 atom stereocenters. The Hall–Kier alpha value is -1.14. The molecule has 0 spiro atoms. The number of halogens is 1. The minimum atomic E-state index is -3.60. The van der Waals surface area contributed by atoms with E-state index in [1.165, 1.54) is 12.1 Å². The van der Waals surface area contributed by atoms with Crippen LogP contribution in [0.3, 0.4) is 0 Å². The van der Waals surface area contributed by atoms with Crippen LogP contribution in [0.1, 0.15) is 6.92 Å². The summed E-state index contributed by atoms with van der Waals surface area (Å²) >= 11 is 0. The molecule has 1 rings (SSSR count). The highest BCUT2D eigenvalue weighted by Crippen LogP contribution is 2.15. The fraction of sp³-hybridized carbons (Fsp3) is 0.250. The highest BCUT2D eigenvalue weighted by Gasteiger charge is 2.13. The van der Waals surface area contributed by atoms with Gasteiger partial charge in [0, 0.05) is 6.54 Å². The smallest absolute Gasteiger partial charge is 0.240 e. The summed E-state index contributed by atoms with van der Waals surface area (Å²) in [7, 11) is -3.60. The Labute approximate surface area is 82.0 Å². The number of rotatable bonds is 3. The molecule has 78 valence electrons. The minimum Gasteiger partial charge on any atom is -0.396 e. The van der Waals surface area contributed by atoms with E-state index in [0.717, 1.165) is 6.07 Å². The summed E-state index contributed by atoms with van der Waals surface area (Å²) in [5.74, 6) is -0.732. The Balaban J connectivity index is 3.15. The van der Waals surface area contributed by atoms with Crippen LogP contribution in [0.5, 0.6) is 0 Å². The summed E-state index contributed by atoms with van der Waals surface area (Å²) in [6.45, 7) is 1.90. The van der Waals surface area contributed by atoms with Crippen LogP contribution >= 0.6 is 0 Å². The first kappa shape index (κ1) is 10.9. The zero-order chi connectivity index (χ0) is 10.8. The predicted molar refractivity (Wildman–Crippen MR) is 51.7 cm³/mol. The van der Waals surface area contributed by atoms with Gasteiger partial charge in [-0.2, -0.15) is 0 Å². The Bertz CT molecular complexity index is 431. The van der Waals surface area contributed by atoms with Crippen LogP contribution < -0.4 is 10.5 Å². The van der Waals surface area contributed by atoms with Crippen molar-refractivity contribution in [2.75, 3.05) is 12.3 Å².